The van der Waals surface area contributed by atoms with Crippen LogP contribution in [0.25, 0.3) is 0 Å². The second-order valence-corrected chi connectivity index (χ2v) is 4.53. The molecule has 1 aliphatic heterocycles. The van der Waals surface area contributed by atoms with Crippen LogP contribution < -0.4 is 5.32 Å². The van der Waals surface area contributed by atoms with Crippen LogP contribution in [0.2, 0.25) is 0 Å². The third kappa shape index (κ3) is 2.50. The van der Waals surface area contributed by atoms with E-state index in [1.807, 2.05) is 24.3 Å². The molecule has 1 N–H and O–H groups in total. The van der Waals surface area contributed by atoms with Gasteiger partial charge in [-0.15, -0.1) is 0 Å². The highest BCUT2D eigenvalue weighted by Crippen LogP contribution is 2.16. The summed E-state index contributed by atoms with van der Waals surface area (Å²) in [4.78, 5) is 16.4. The second-order valence-electron chi connectivity index (χ2n) is 3.67. The van der Waals surface area contributed by atoms with E-state index in [0.717, 1.165) is 30.4 Å². The Morgan fingerprint density at radius 1 is 1.31 bits per heavy atom. The molecular weight excluding hydrogens is 268 g/mol. The Morgan fingerprint density at radius 2 is 2.12 bits per heavy atom. The topological polar surface area (TPSA) is 41.5 Å². The highest BCUT2D eigenvalue weighted by atomic mass is 79.9. The van der Waals surface area contributed by atoms with E-state index in [0.29, 0.717) is 11.4 Å². The van der Waals surface area contributed by atoms with Gasteiger partial charge in [0, 0.05) is 23.1 Å². The summed E-state index contributed by atoms with van der Waals surface area (Å²) in [6, 6.07) is 7.42. The van der Waals surface area contributed by atoms with Gasteiger partial charge in [-0.05, 0) is 25.0 Å². The molecule has 0 spiro atoms. The number of halogens is 1. The van der Waals surface area contributed by atoms with Gasteiger partial charge in [-0.25, -0.2) is 0 Å². The van der Waals surface area contributed by atoms with Gasteiger partial charge >= 0.3 is 0 Å². The van der Waals surface area contributed by atoms with Gasteiger partial charge in [-0.2, -0.15) is 0 Å². The molecule has 0 atom stereocenters. The lowest BCUT2D eigenvalue weighted by molar-refractivity contribution is 0.106. The van der Waals surface area contributed by atoms with Crippen molar-refractivity contribution in [2.75, 3.05) is 13.1 Å². The average molecular weight is 281 g/mol. The molecule has 0 unspecified atom stereocenters. The van der Waals surface area contributed by atoms with Gasteiger partial charge in [0.15, 0.2) is 5.84 Å². The third-order valence-corrected chi connectivity index (χ3v) is 3.17. The van der Waals surface area contributed by atoms with Crippen molar-refractivity contribution < 1.29 is 4.79 Å². The molecule has 3 nitrogen and oxygen atoms in total. The Hall–Kier alpha value is -1.16. The predicted octanol–water partition coefficient (Wildman–Crippen LogP) is 2.41. The molecule has 2 rings (SSSR count). The average Bonchev–Trinajstić information content (AvgIpc) is 2.57. The first-order valence-corrected chi connectivity index (χ1v) is 6.16. The van der Waals surface area contributed by atoms with E-state index in [1.165, 1.54) is 0 Å². The van der Waals surface area contributed by atoms with Crippen molar-refractivity contribution in [1.29, 1.82) is 0 Å². The number of benzene rings is 1. The SMILES string of the molecule is O=C(C1=NCCCCN1)c1ccccc1Br. The maximum atomic E-state index is 12.2. The molecule has 0 saturated carbocycles. The Labute approximate surface area is 103 Å². The molecule has 1 aromatic carbocycles. The number of Topliss-reactive ketones (excluding diaryl/α,β-unsaturated/α-hetero) is 1. The molecule has 0 bridgehead atoms. The largest absolute Gasteiger partial charge is 0.367 e. The minimum absolute atomic E-state index is 0.0330. The van der Waals surface area contributed by atoms with E-state index < -0.39 is 0 Å². The Kier molecular flexibility index (Phi) is 3.72. The van der Waals surface area contributed by atoms with Crippen LogP contribution in [0.3, 0.4) is 0 Å². The number of ketones is 1. The number of nitrogens with zero attached hydrogens (tertiary/aromatic N) is 1. The lowest BCUT2D eigenvalue weighted by Gasteiger charge is -2.07. The maximum absolute atomic E-state index is 12.2. The van der Waals surface area contributed by atoms with Crippen molar-refractivity contribution in [3.05, 3.63) is 34.3 Å². The van der Waals surface area contributed by atoms with Crippen molar-refractivity contribution in [2.45, 2.75) is 12.8 Å². The zero-order valence-electron chi connectivity index (χ0n) is 8.87. The van der Waals surface area contributed by atoms with Gasteiger partial charge in [-0.3, -0.25) is 9.79 Å². The van der Waals surface area contributed by atoms with Gasteiger partial charge < -0.3 is 5.32 Å². The molecule has 0 amide bonds. The number of hydrogen-bond acceptors (Lipinski definition) is 3. The van der Waals surface area contributed by atoms with Gasteiger partial charge in [0.25, 0.3) is 0 Å². The van der Waals surface area contributed by atoms with Gasteiger partial charge in [0.2, 0.25) is 5.78 Å². The van der Waals surface area contributed by atoms with Crippen LogP contribution in [0.1, 0.15) is 23.2 Å². The van der Waals surface area contributed by atoms with Crippen LogP contribution >= 0.6 is 15.9 Å². The van der Waals surface area contributed by atoms with E-state index in [2.05, 4.69) is 26.2 Å². The minimum Gasteiger partial charge on any atom is -0.367 e. The normalized spacial score (nSPS) is 15.9. The van der Waals surface area contributed by atoms with Gasteiger partial charge in [0.1, 0.15) is 0 Å². The molecule has 0 fully saturated rings. The quantitative estimate of drug-likeness (QED) is 0.846. The first-order chi connectivity index (χ1) is 7.79. The zero-order valence-corrected chi connectivity index (χ0v) is 10.5. The standard InChI is InChI=1S/C12H13BrN2O/c13-10-6-2-1-5-9(10)11(16)12-14-7-3-4-8-15-12/h1-2,5-6H,3-4,7-8H2,(H,14,15). The van der Waals surface area contributed by atoms with E-state index in [-0.39, 0.29) is 5.78 Å². The Morgan fingerprint density at radius 3 is 2.94 bits per heavy atom. The van der Waals surface area contributed by atoms with Gasteiger partial charge in [-0.1, -0.05) is 28.1 Å². The minimum atomic E-state index is -0.0330. The lowest BCUT2D eigenvalue weighted by Crippen LogP contribution is -2.31. The van der Waals surface area contributed by atoms with Crippen LogP contribution in [-0.4, -0.2) is 24.7 Å². The molecule has 0 saturated heterocycles. The molecule has 0 aliphatic carbocycles. The van der Waals surface area contributed by atoms with Crippen LogP contribution in [0, 0.1) is 0 Å². The highest BCUT2D eigenvalue weighted by molar-refractivity contribution is 9.10. The van der Waals surface area contributed by atoms with E-state index >= 15 is 0 Å². The molecule has 1 aliphatic rings. The fraction of sp³-hybridized carbons (Fsp3) is 0.333. The summed E-state index contributed by atoms with van der Waals surface area (Å²) in [6.45, 7) is 1.56. The Balaban J connectivity index is 2.24. The number of nitrogens with one attached hydrogen (secondary N) is 1. The monoisotopic (exact) mass is 280 g/mol. The lowest BCUT2D eigenvalue weighted by atomic mass is 10.1. The van der Waals surface area contributed by atoms with Crippen LogP contribution in [0.15, 0.2) is 33.7 Å². The first-order valence-electron chi connectivity index (χ1n) is 5.36. The Bertz CT molecular complexity index is 429. The summed E-state index contributed by atoms with van der Waals surface area (Å²) >= 11 is 3.38. The second kappa shape index (κ2) is 5.25. The summed E-state index contributed by atoms with van der Waals surface area (Å²) in [5.41, 5.74) is 0.663. The highest BCUT2D eigenvalue weighted by Gasteiger charge is 2.16. The van der Waals surface area contributed by atoms with Crippen molar-refractivity contribution in [1.82, 2.24) is 5.32 Å². The number of hydrogen-bond donors (Lipinski definition) is 1. The number of aliphatic imine (C=N–C) groups is 1. The maximum Gasteiger partial charge on any atom is 0.228 e. The van der Waals surface area contributed by atoms with Crippen LogP contribution in [0.5, 0.6) is 0 Å². The van der Waals surface area contributed by atoms with E-state index in [9.17, 15) is 4.79 Å². The van der Waals surface area contributed by atoms with E-state index in [1.54, 1.807) is 0 Å². The van der Waals surface area contributed by atoms with Gasteiger partial charge in [0.05, 0.1) is 0 Å². The fourth-order valence-electron chi connectivity index (χ4n) is 1.62. The summed E-state index contributed by atoms with van der Waals surface area (Å²) in [5.74, 6) is 0.457. The van der Waals surface area contributed by atoms with Crippen molar-refractivity contribution in [3.63, 3.8) is 0 Å². The predicted molar refractivity (Wildman–Crippen MR) is 68.0 cm³/mol. The molecule has 1 aromatic rings. The molecule has 1 heterocycles. The molecule has 84 valence electrons. The fourth-order valence-corrected chi connectivity index (χ4v) is 2.08. The summed E-state index contributed by atoms with van der Waals surface area (Å²) in [5, 5.41) is 3.09. The molecular formula is C12H13BrN2O. The molecule has 0 aromatic heterocycles. The third-order valence-electron chi connectivity index (χ3n) is 2.48. The molecule has 4 heteroatoms. The number of amidine groups is 1. The summed E-state index contributed by atoms with van der Waals surface area (Å²) < 4.78 is 0.814. The van der Waals surface area contributed by atoms with Crippen molar-refractivity contribution in [3.8, 4) is 0 Å². The first kappa shape index (κ1) is 11.3. The van der Waals surface area contributed by atoms with Crippen molar-refractivity contribution in [2.24, 2.45) is 4.99 Å². The number of carbonyl (C=O) groups is 1. The summed E-state index contributed by atoms with van der Waals surface area (Å²) in [7, 11) is 0. The van der Waals surface area contributed by atoms with Crippen molar-refractivity contribution >= 4 is 27.5 Å². The number of carbonyl (C=O) groups excluding carboxylic acids is 1. The number of rotatable bonds is 2. The van der Waals surface area contributed by atoms with Crippen LogP contribution in [-0.2, 0) is 0 Å². The molecule has 0 radical (unpaired) electrons. The van der Waals surface area contributed by atoms with E-state index in [4.69, 9.17) is 0 Å². The smallest absolute Gasteiger partial charge is 0.228 e. The summed E-state index contributed by atoms with van der Waals surface area (Å²) in [6.07, 6.45) is 2.11. The van der Waals surface area contributed by atoms with Crippen LogP contribution in [0.4, 0.5) is 0 Å². The zero-order chi connectivity index (χ0) is 11.4. The molecule has 16 heavy (non-hydrogen) atoms.